The minimum atomic E-state index is -0.114. The van der Waals surface area contributed by atoms with Crippen LogP contribution in [0.4, 0.5) is 0 Å². The molecule has 3 nitrogen and oxygen atoms in total. The van der Waals surface area contributed by atoms with E-state index in [-0.39, 0.29) is 19.0 Å². The van der Waals surface area contributed by atoms with E-state index in [0.717, 1.165) is 11.8 Å². The molecule has 0 aromatic heterocycles. The molecule has 0 saturated carbocycles. The average Bonchev–Trinajstić information content (AvgIpc) is 2.37. The van der Waals surface area contributed by atoms with Gasteiger partial charge in [-0.3, -0.25) is 0 Å². The van der Waals surface area contributed by atoms with Crippen LogP contribution in [0.25, 0.3) is 0 Å². The van der Waals surface area contributed by atoms with Gasteiger partial charge in [0, 0.05) is 11.8 Å². The van der Waals surface area contributed by atoms with Crippen molar-refractivity contribution in [2.75, 3.05) is 18.5 Å². The normalized spacial score (nSPS) is 33.0. The highest BCUT2D eigenvalue weighted by Gasteiger charge is 2.24. The zero-order valence-corrected chi connectivity index (χ0v) is 7.21. The molecular weight excluding hydrogens is 200 g/mol. The van der Waals surface area contributed by atoms with Crippen molar-refractivity contribution < 1.29 is 14.6 Å². The molecule has 2 atom stereocenters. The Hall–Kier alpha value is 0.360. The Balaban J connectivity index is 2.15. The standard InChI is InChI=1S/C6H11BrO3/c7-2-1-6-9-4-5(3-8)10-6/h5-6,8H,1-4H2/t5-,6+/m1/s1. The second-order valence-corrected chi connectivity index (χ2v) is 2.97. The highest BCUT2D eigenvalue weighted by Crippen LogP contribution is 2.14. The summed E-state index contributed by atoms with van der Waals surface area (Å²) in [6.45, 7) is 0.576. The van der Waals surface area contributed by atoms with Gasteiger partial charge < -0.3 is 14.6 Å². The molecule has 1 saturated heterocycles. The van der Waals surface area contributed by atoms with E-state index in [1.807, 2.05) is 0 Å². The Bertz CT molecular complexity index is 99.0. The Morgan fingerprint density at radius 3 is 2.90 bits per heavy atom. The quantitative estimate of drug-likeness (QED) is 0.691. The molecule has 4 heteroatoms. The average molecular weight is 211 g/mol. The molecule has 0 amide bonds. The van der Waals surface area contributed by atoms with E-state index in [9.17, 15) is 0 Å². The van der Waals surface area contributed by atoms with Crippen LogP contribution in [0.15, 0.2) is 0 Å². The molecule has 1 N–H and O–H groups in total. The molecule has 0 unspecified atom stereocenters. The van der Waals surface area contributed by atoms with Gasteiger partial charge in [-0.05, 0) is 0 Å². The van der Waals surface area contributed by atoms with Gasteiger partial charge in [0.2, 0.25) is 0 Å². The van der Waals surface area contributed by atoms with Gasteiger partial charge in [0.15, 0.2) is 6.29 Å². The van der Waals surface area contributed by atoms with Crippen LogP contribution < -0.4 is 0 Å². The molecule has 60 valence electrons. The number of aliphatic hydroxyl groups is 1. The largest absolute Gasteiger partial charge is 0.394 e. The van der Waals surface area contributed by atoms with Gasteiger partial charge in [-0.15, -0.1) is 0 Å². The minimum absolute atomic E-state index is 0.0544. The van der Waals surface area contributed by atoms with Crippen LogP contribution in [0.2, 0.25) is 0 Å². The lowest BCUT2D eigenvalue weighted by molar-refractivity contribution is -0.0649. The fourth-order valence-corrected chi connectivity index (χ4v) is 1.22. The summed E-state index contributed by atoms with van der Waals surface area (Å²) in [4.78, 5) is 0. The van der Waals surface area contributed by atoms with E-state index in [4.69, 9.17) is 14.6 Å². The van der Waals surface area contributed by atoms with E-state index < -0.39 is 0 Å². The monoisotopic (exact) mass is 210 g/mol. The molecule has 0 aromatic rings. The van der Waals surface area contributed by atoms with Crippen molar-refractivity contribution in [2.24, 2.45) is 0 Å². The summed E-state index contributed by atoms with van der Waals surface area (Å²) in [5.41, 5.74) is 0. The number of halogens is 1. The Labute approximate surface area is 68.4 Å². The molecular formula is C6H11BrO3. The van der Waals surface area contributed by atoms with Crippen LogP contribution >= 0.6 is 15.9 Å². The minimum Gasteiger partial charge on any atom is -0.394 e. The van der Waals surface area contributed by atoms with Gasteiger partial charge in [0.25, 0.3) is 0 Å². The second-order valence-electron chi connectivity index (χ2n) is 2.18. The highest BCUT2D eigenvalue weighted by atomic mass is 79.9. The smallest absolute Gasteiger partial charge is 0.159 e. The van der Waals surface area contributed by atoms with Crippen LogP contribution in [-0.4, -0.2) is 36.0 Å². The van der Waals surface area contributed by atoms with Crippen LogP contribution in [0.3, 0.4) is 0 Å². The molecule has 1 heterocycles. The predicted octanol–water partition coefficient (Wildman–Crippen LogP) is 0.505. The van der Waals surface area contributed by atoms with Crippen LogP contribution in [0.5, 0.6) is 0 Å². The topological polar surface area (TPSA) is 38.7 Å². The SMILES string of the molecule is OC[C@@H]1CO[C@H](CCBr)O1. The molecule has 1 aliphatic heterocycles. The first kappa shape index (κ1) is 8.46. The number of aliphatic hydroxyl groups excluding tert-OH is 1. The van der Waals surface area contributed by atoms with Gasteiger partial charge in [-0.25, -0.2) is 0 Å². The summed E-state index contributed by atoms with van der Waals surface area (Å²) >= 11 is 3.28. The summed E-state index contributed by atoms with van der Waals surface area (Å²) < 4.78 is 10.4. The summed E-state index contributed by atoms with van der Waals surface area (Å²) in [6, 6.07) is 0. The highest BCUT2D eigenvalue weighted by molar-refractivity contribution is 9.09. The number of ether oxygens (including phenoxy) is 2. The fourth-order valence-electron chi connectivity index (χ4n) is 0.844. The zero-order chi connectivity index (χ0) is 7.40. The van der Waals surface area contributed by atoms with Crippen molar-refractivity contribution in [3.8, 4) is 0 Å². The molecule has 0 aliphatic carbocycles. The van der Waals surface area contributed by atoms with Crippen LogP contribution in [0.1, 0.15) is 6.42 Å². The molecule has 0 radical (unpaired) electrons. The van der Waals surface area contributed by atoms with Crippen molar-refractivity contribution in [3.63, 3.8) is 0 Å². The lowest BCUT2D eigenvalue weighted by atomic mass is 10.4. The van der Waals surface area contributed by atoms with Crippen molar-refractivity contribution in [1.82, 2.24) is 0 Å². The lowest BCUT2D eigenvalue weighted by Crippen LogP contribution is -2.16. The van der Waals surface area contributed by atoms with Gasteiger partial charge in [-0.1, -0.05) is 15.9 Å². The van der Waals surface area contributed by atoms with E-state index in [0.29, 0.717) is 6.61 Å². The maximum atomic E-state index is 8.64. The lowest BCUT2D eigenvalue weighted by Gasteiger charge is -2.06. The third kappa shape index (κ3) is 2.20. The van der Waals surface area contributed by atoms with E-state index in [2.05, 4.69) is 15.9 Å². The van der Waals surface area contributed by atoms with E-state index in [1.54, 1.807) is 0 Å². The van der Waals surface area contributed by atoms with Crippen molar-refractivity contribution in [3.05, 3.63) is 0 Å². The van der Waals surface area contributed by atoms with E-state index in [1.165, 1.54) is 0 Å². The van der Waals surface area contributed by atoms with Gasteiger partial charge >= 0.3 is 0 Å². The number of hydrogen-bond acceptors (Lipinski definition) is 3. The summed E-state index contributed by atoms with van der Waals surface area (Å²) in [5.74, 6) is 0. The fraction of sp³-hybridized carbons (Fsp3) is 1.00. The van der Waals surface area contributed by atoms with Crippen molar-refractivity contribution >= 4 is 15.9 Å². The van der Waals surface area contributed by atoms with Crippen LogP contribution in [-0.2, 0) is 9.47 Å². The summed E-state index contributed by atoms with van der Waals surface area (Å²) in [5, 5.41) is 9.51. The molecule has 10 heavy (non-hydrogen) atoms. The molecule has 0 aromatic carbocycles. The second kappa shape index (κ2) is 4.28. The third-order valence-corrected chi connectivity index (χ3v) is 1.82. The van der Waals surface area contributed by atoms with Crippen molar-refractivity contribution in [2.45, 2.75) is 18.8 Å². The molecule has 1 aliphatic rings. The first-order valence-corrected chi connectivity index (χ1v) is 4.43. The third-order valence-electron chi connectivity index (χ3n) is 1.36. The first-order chi connectivity index (χ1) is 4.86. The zero-order valence-electron chi connectivity index (χ0n) is 5.62. The maximum absolute atomic E-state index is 8.64. The summed E-state index contributed by atoms with van der Waals surface area (Å²) in [7, 11) is 0. The van der Waals surface area contributed by atoms with Gasteiger partial charge in [0.1, 0.15) is 6.10 Å². The molecule has 0 bridgehead atoms. The van der Waals surface area contributed by atoms with Gasteiger partial charge in [0.05, 0.1) is 13.2 Å². The Morgan fingerprint density at radius 1 is 1.60 bits per heavy atom. The number of hydrogen-bond donors (Lipinski definition) is 1. The molecule has 1 rings (SSSR count). The predicted molar refractivity (Wildman–Crippen MR) is 40.1 cm³/mol. The van der Waals surface area contributed by atoms with Crippen molar-refractivity contribution in [1.29, 1.82) is 0 Å². The molecule has 0 spiro atoms. The number of alkyl halides is 1. The maximum Gasteiger partial charge on any atom is 0.159 e. The first-order valence-electron chi connectivity index (χ1n) is 3.30. The van der Waals surface area contributed by atoms with Crippen LogP contribution in [0, 0.1) is 0 Å². The van der Waals surface area contributed by atoms with Gasteiger partial charge in [-0.2, -0.15) is 0 Å². The molecule has 1 fully saturated rings. The Kier molecular flexibility index (Phi) is 3.62. The Morgan fingerprint density at radius 2 is 2.40 bits per heavy atom. The van der Waals surface area contributed by atoms with E-state index >= 15 is 0 Å². The number of rotatable bonds is 3. The summed E-state index contributed by atoms with van der Waals surface area (Å²) in [6.07, 6.45) is 0.622.